The van der Waals surface area contributed by atoms with Crippen molar-refractivity contribution in [2.45, 2.75) is 19.4 Å². The topological polar surface area (TPSA) is 48.0 Å². The third-order valence-electron chi connectivity index (χ3n) is 3.00. The Bertz CT molecular complexity index is 574. The quantitative estimate of drug-likeness (QED) is 0.945. The number of rotatable bonds is 3. The van der Waals surface area contributed by atoms with Crippen LogP contribution in [0.1, 0.15) is 12.5 Å². The summed E-state index contributed by atoms with van der Waals surface area (Å²) in [6.45, 7) is 1.53. The number of carbonyl (C=O) groups excluding carboxylic acids is 1. The van der Waals surface area contributed by atoms with E-state index in [0.29, 0.717) is 6.42 Å². The highest BCUT2D eigenvalue weighted by Crippen LogP contribution is 2.25. The van der Waals surface area contributed by atoms with Crippen LogP contribution in [0.25, 0.3) is 10.9 Å². The van der Waals surface area contributed by atoms with E-state index in [1.807, 2.05) is 19.3 Å². The molecule has 0 aliphatic rings. The molecular formula is C13H15BrN2O. The number of hydrogen-bond donors (Lipinski definition) is 1. The van der Waals surface area contributed by atoms with Gasteiger partial charge in [-0.15, -0.1) is 0 Å². The first kappa shape index (κ1) is 12.3. The van der Waals surface area contributed by atoms with Gasteiger partial charge in [-0.2, -0.15) is 0 Å². The lowest BCUT2D eigenvalue weighted by Crippen LogP contribution is -2.30. The van der Waals surface area contributed by atoms with E-state index in [1.54, 1.807) is 0 Å². The molecule has 0 amide bonds. The summed E-state index contributed by atoms with van der Waals surface area (Å²) in [5, 5.41) is 1.16. The molecule has 0 bridgehead atoms. The number of nitrogens with two attached hydrogens (primary N) is 1. The van der Waals surface area contributed by atoms with E-state index >= 15 is 0 Å². The number of nitrogens with zero attached hydrogens (tertiary/aromatic N) is 1. The van der Waals surface area contributed by atoms with Crippen LogP contribution in [0.15, 0.2) is 28.9 Å². The van der Waals surface area contributed by atoms with Crippen LogP contribution in [-0.4, -0.2) is 16.4 Å². The standard InChI is InChI=1S/C13H15BrN2O/c1-8(17)12(15)5-9-7-16(2)13-6-10(14)3-4-11(9)13/h3-4,6-7,12H,5,15H2,1-2H3/t12-/m0/s1. The molecule has 0 radical (unpaired) electrons. The zero-order valence-corrected chi connectivity index (χ0v) is 11.5. The Balaban J connectivity index is 2.45. The van der Waals surface area contributed by atoms with Crippen LogP contribution >= 0.6 is 15.9 Å². The summed E-state index contributed by atoms with van der Waals surface area (Å²) in [6, 6.07) is 5.72. The number of halogens is 1. The summed E-state index contributed by atoms with van der Waals surface area (Å²) in [7, 11) is 2.00. The van der Waals surface area contributed by atoms with Gasteiger partial charge in [0.05, 0.1) is 6.04 Å². The van der Waals surface area contributed by atoms with Crippen LogP contribution in [-0.2, 0) is 18.3 Å². The molecule has 0 unspecified atom stereocenters. The average molecular weight is 295 g/mol. The lowest BCUT2D eigenvalue weighted by atomic mass is 10.0. The maximum Gasteiger partial charge on any atom is 0.146 e. The number of benzene rings is 1. The molecule has 1 atom stereocenters. The van der Waals surface area contributed by atoms with Gasteiger partial charge in [-0.05, 0) is 31.0 Å². The fraction of sp³-hybridized carbons (Fsp3) is 0.308. The van der Waals surface area contributed by atoms with Crippen molar-refractivity contribution in [1.82, 2.24) is 4.57 Å². The van der Waals surface area contributed by atoms with E-state index < -0.39 is 6.04 Å². The molecule has 17 heavy (non-hydrogen) atoms. The van der Waals surface area contributed by atoms with Crippen molar-refractivity contribution >= 4 is 32.6 Å². The van der Waals surface area contributed by atoms with E-state index in [9.17, 15) is 4.79 Å². The van der Waals surface area contributed by atoms with E-state index in [-0.39, 0.29) is 5.78 Å². The Hall–Kier alpha value is -1.13. The first-order chi connectivity index (χ1) is 7.99. The molecule has 2 N–H and O–H groups in total. The van der Waals surface area contributed by atoms with Crippen LogP contribution in [0, 0.1) is 0 Å². The molecule has 0 spiro atoms. The van der Waals surface area contributed by atoms with Crippen LogP contribution in [0.5, 0.6) is 0 Å². The van der Waals surface area contributed by atoms with Gasteiger partial charge < -0.3 is 10.3 Å². The van der Waals surface area contributed by atoms with Crippen molar-refractivity contribution in [2.24, 2.45) is 12.8 Å². The third-order valence-corrected chi connectivity index (χ3v) is 3.49. The summed E-state index contributed by atoms with van der Waals surface area (Å²) in [4.78, 5) is 11.2. The Kier molecular flexibility index (Phi) is 3.35. The van der Waals surface area contributed by atoms with E-state index in [4.69, 9.17) is 5.73 Å². The maximum atomic E-state index is 11.2. The smallest absolute Gasteiger partial charge is 0.146 e. The minimum Gasteiger partial charge on any atom is -0.350 e. The van der Waals surface area contributed by atoms with Crippen molar-refractivity contribution in [2.75, 3.05) is 0 Å². The second-order valence-electron chi connectivity index (χ2n) is 4.35. The van der Waals surface area contributed by atoms with Gasteiger partial charge in [0.15, 0.2) is 0 Å². The first-order valence-corrected chi connectivity index (χ1v) is 6.28. The highest BCUT2D eigenvalue weighted by Gasteiger charge is 2.13. The minimum atomic E-state index is -0.413. The van der Waals surface area contributed by atoms with Crippen molar-refractivity contribution in [3.63, 3.8) is 0 Å². The number of aryl methyl sites for hydroxylation is 1. The largest absolute Gasteiger partial charge is 0.350 e. The van der Waals surface area contributed by atoms with E-state index in [2.05, 4.69) is 32.6 Å². The molecule has 0 saturated carbocycles. The maximum absolute atomic E-state index is 11.2. The number of ketones is 1. The summed E-state index contributed by atoms with van der Waals surface area (Å²) in [5.41, 5.74) is 8.08. The Morgan fingerprint density at radius 1 is 1.53 bits per heavy atom. The summed E-state index contributed by atoms with van der Waals surface area (Å²) in [6.07, 6.45) is 2.63. The normalized spacial score (nSPS) is 12.9. The molecule has 3 nitrogen and oxygen atoms in total. The number of carbonyl (C=O) groups is 1. The van der Waals surface area contributed by atoms with Crippen molar-refractivity contribution in [3.05, 3.63) is 34.4 Å². The molecule has 1 aromatic heterocycles. The van der Waals surface area contributed by atoms with Crippen LogP contribution in [0.2, 0.25) is 0 Å². The molecule has 4 heteroatoms. The van der Waals surface area contributed by atoms with Gasteiger partial charge in [-0.25, -0.2) is 0 Å². The van der Waals surface area contributed by atoms with Gasteiger partial charge >= 0.3 is 0 Å². The lowest BCUT2D eigenvalue weighted by Gasteiger charge is -2.06. The second kappa shape index (κ2) is 4.63. The first-order valence-electron chi connectivity index (χ1n) is 5.48. The van der Waals surface area contributed by atoms with E-state index in [1.165, 1.54) is 6.92 Å². The van der Waals surface area contributed by atoms with Crippen molar-refractivity contribution in [3.8, 4) is 0 Å². The number of hydrogen-bond acceptors (Lipinski definition) is 2. The fourth-order valence-electron chi connectivity index (χ4n) is 1.98. The monoisotopic (exact) mass is 294 g/mol. The van der Waals surface area contributed by atoms with E-state index in [0.717, 1.165) is 20.9 Å². The zero-order chi connectivity index (χ0) is 12.6. The number of aromatic nitrogens is 1. The fourth-order valence-corrected chi connectivity index (χ4v) is 2.33. The molecule has 0 fully saturated rings. The lowest BCUT2D eigenvalue weighted by molar-refractivity contribution is -0.118. The van der Waals surface area contributed by atoms with Gasteiger partial charge in [-0.3, -0.25) is 4.79 Å². The highest BCUT2D eigenvalue weighted by atomic mass is 79.9. The summed E-state index contributed by atoms with van der Waals surface area (Å²) >= 11 is 3.46. The molecule has 90 valence electrons. The molecular weight excluding hydrogens is 280 g/mol. The number of fused-ring (bicyclic) bond motifs is 1. The summed E-state index contributed by atoms with van der Waals surface area (Å²) < 4.78 is 3.11. The van der Waals surface area contributed by atoms with Gasteiger partial charge in [0.2, 0.25) is 0 Å². The van der Waals surface area contributed by atoms with Gasteiger partial charge in [0, 0.05) is 28.6 Å². The Morgan fingerprint density at radius 2 is 2.24 bits per heavy atom. The molecule has 0 saturated heterocycles. The summed E-state index contributed by atoms with van der Waals surface area (Å²) in [5.74, 6) is 0.0270. The third kappa shape index (κ3) is 2.42. The van der Waals surface area contributed by atoms with Crippen molar-refractivity contribution in [1.29, 1.82) is 0 Å². The molecule has 1 heterocycles. The average Bonchev–Trinajstić information content (AvgIpc) is 2.55. The molecule has 0 aliphatic heterocycles. The zero-order valence-electron chi connectivity index (χ0n) is 9.90. The van der Waals surface area contributed by atoms with Crippen LogP contribution in [0.3, 0.4) is 0 Å². The van der Waals surface area contributed by atoms with Gasteiger partial charge in [0.1, 0.15) is 5.78 Å². The predicted octanol–water partition coefficient (Wildman–Crippen LogP) is 2.40. The number of Topliss-reactive ketones (excluding diaryl/α,β-unsaturated/α-hetero) is 1. The molecule has 2 aromatic rings. The Morgan fingerprint density at radius 3 is 2.88 bits per heavy atom. The van der Waals surface area contributed by atoms with Crippen molar-refractivity contribution < 1.29 is 4.79 Å². The highest BCUT2D eigenvalue weighted by molar-refractivity contribution is 9.10. The second-order valence-corrected chi connectivity index (χ2v) is 5.26. The molecule has 0 aliphatic carbocycles. The minimum absolute atomic E-state index is 0.0270. The van der Waals surface area contributed by atoms with Crippen LogP contribution in [0.4, 0.5) is 0 Å². The molecule has 2 rings (SSSR count). The van der Waals surface area contributed by atoms with Gasteiger partial charge in [-0.1, -0.05) is 22.0 Å². The predicted molar refractivity (Wildman–Crippen MR) is 73.0 cm³/mol. The van der Waals surface area contributed by atoms with Crippen LogP contribution < -0.4 is 5.73 Å². The Labute approximate surface area is 109 Å². The molecule has 1 aromatic carbocycles. The SMILES string of the molecule is CC(=O)[C@@H](N)Cc1cn(C)c2cc(Br)ccc12. The van der Waals surface area contributed by atoms with Gasteiger partial charge in [0.25, 0.3) is 0 Å².